The second-order valence-electron chi connectivity index (χ2n) is 7.86. The first-order chi connectivity index (χ1) is 14.7. The van der Waals surface area contributed by atoms with Crippen LogP contribution < -0.4 is 19.5 Å². The molecule has 0 aliphatic carbocycles. The number of benzene rings is 2. The van der Waals surface area contributed by atoms with Gasteiger partial charge in [0.1, 0.15) is 23.3 Å². The minimum atomic E-state index is -0.196. The molecular formula is C23H24BrNO4S2. The molecule has 0 spiro atoms. The molecule has 1 heterocycles. The average Bonchev–Trinajstić information content (AvgIpc) is 3.02. The monoisotopic (exact) mass is 521 g/mol. The third-order valence-electron chi connectivity index (χ3n) is 4.51. The van der Waals surface area contributed by atoms with Crippen molar-refractivity contribution in [3.63, 3.8) is 0 Å². The Morgan fingerprint density at radius 3 is 2.39 bits per heavy atom. The average molecular weight is 522 g/mol. The van der Waals surface area contributed by atoms with E-state index < -0.39 is 0 Å². The highest BCUT2D eigenvalue weighted by atomic mass is 79.9. The Labute approximate surface area is 200 Å². The zero-order valence-corrected chi connectivity index (χ0v) is 21.0. The molecule has 2 aromatic rings. The van der Waals surface area contributed by atoms with Gasteiger partial charge in [0.2, 0.25) is 0 Å². The predicted octanol–water partition coefficient (Wildman–Crippen LogP) is 5.70. The van der Waals surface area contributed by atoms with E-state index in [0.29, 0.717) is 33.9 Å². The number of methoxy groups -OCH3 is 1. The van der Waals surface area contributed by atoms with Crippen molar-refractivity contribution in [3.05, 3.63) is 56.9 Å². The van der Waals surface area contributed by atoms with Gasteiger partial charge in [-0.1, -0.05) is 56.9 Å². The summed E-state index contributed by atoms with van der Waals surface area (Å²) in [6.45, 7) is 7.28. The van der Waals surface area contributed by atoms with Gasteiger partial charge in [0, 0.05) is 0 Å². The van der Waals surface area contributed by atoms with Crippen molar-refractivity contribution >= 4 is 56.2 Å². The number of carbonyl (C=O) groups is 1. The summed E-state index contributed by atoms with van der Waals surface area (Å²) in [5, 5.41) is 2.61. The highest BCUT2D eigenvalue weighted by molar-refractivity contribution is 9.10. The van der Waals surface area contributed by atoms with Gasteiger partial charge in [-0.15, -0.1) is 0 Å². The number of hydrogen-bond acceptors (Lipinski definition) is 6. The van der Waals surface area contributed by atoms with E-state index in [1.54, 1.807) is 13.2 Å². The van der Waals surface area contributed by atoms with Crippen LogP contribution in [0, 0.1) is 0 Å². The molecule has 1 amide bonds. The van der Waals surface area contributed by atoms with Gasteiger partial charge in [-0.25, -0.2) is 0 Å². The molecule has 0 radical (unpaired) electrons. The SMILES string of the molecule is COc1cc(/C=C2/SC(=S)NC2=O)cc(Br)c1OCCOc1ccc(C(C)(C)C)cc1. The van der Waals surface area contributed by atoms with Crippen molar-refractivity contribution in [1.82, 2.24) is 5.32 Å². The molecule has 0 bridgehead atoms. The molecule has 1 aliphatic rings. The van der Waals surface area contributed by atoms with Gasteiger partial charge in [-0.2, -0.15) is 0 Å². The standard InChI is InChI=1S/C23H24BrNO4S2/c1-23(2,3)15-5-7-16(8-6-15)28-9-10-29-20-17(24)11-14(12-18(20)27-4)13-19-21(26)25-22(30)31-19/h5-8,11-13H,9-10H2,1-4H3,(H,25,26,30)/b19-13+. The first-order valence-corrected chi connectivity index (χ1v) is 11.7. The minimum absolute atomic E-state index is 0.110. The molecule has 2 aromatic carbocycles. The lowest BCUT2D eigenvalue weighted by Crippen LogP contribution is -2.17. The van der Waals surface area contributed by atoms with Crippen LogP contribution in [0.3, 0.4) is 0 Å². The number of ether oxygens (including phenoxy) is 3. The Morgan fingerprint density at radius 1 is 1.13 bits per heavy atom. The Bertz CT molecular complexity index is 1010. The Morgan fingerprint density at radius 2 is 1.81 bits per heavy atom. The molecular weight excluding hydrogens is 498 g/mol. The van der Waals surface area contributed by atoms with Gasteiger partial charge in [0.25, 0.3) is 5.91 Å². The van der Waals surface area contributed by atoms with Crippen molar-refractivity contribution in [2.75, 3.05) is 20.3 Å². The van der Waals surface area contributed by atoms with Crippen LogP contribution in [-0.2, 0) is 10.2 Å². The molecule has 1 N–H and O–H groups in total. The van der Waals surface area contributed by atoms with E-state index >= 15 is 0 Å². The van der Waals surface area contributed by atoms with Crippen molar-refractivity contribution in [3.8, 4) is 17.2 Å². The fraction of sp³-hybridized carbons (Fsp3) is 0.304. The summed E-state index contributed by atoms with van der Waals surface area (Å²) in [6, 6.07) is 11.8. The van der Waals surface area contributed by atoms with Crippen LogP contribution in [0.2, 0.25) is 0 Å². The fourth-order valence-electron chi connectivity index (χ4n) is 2.89. The molecule has 1 fully saturated rings. The molecule has 164 valence electrons. The highest BCUT2D eigenvalue weighted by Gasteiger charge is 2.22. The van der Waals surface area contributed by atoms with E-state index in [4.69, 9.17) is 26.4 Å². The summed E-state index contributed by atoms with van der Waals surface area (Å²) in [4.78, 5) is 12.4. The Kier molecular flexibility index (Phi) is 7.67. The lowest BCUT2D eigenvalue weighted by Gasteiger charge is -2.19. The fourth-order valence-corrected chi connectivity index (χ4v) is 4.51. The number of rotatable bonds is 7. The van der Waals surface area contributed by atoms with E-state index in [1.807, 2.05) is 24.3 Å². The zero-order chi connectivity index (χ0) is 22.6. The molecule has 0 unspecified atom stereocenters. The maximum Gasteiger partial charge on any atom is 0.263 e. The molecule has 0 aromatic heterocycles. The van der Waals surface area contributed by atoms with E-state index in [1.165, 1.54) is 17.3 Å². The summed E-state index contributed by atoms with van der Waals surface area (Å²) in [7, 11) is 1.57. The van der Waals surface area contributed by atoms with Gasteiger partial charge < -0.3 is 19.5 Å². The first-order valence-electron chi connectivity index (χ1n) is 9.66. The van der Waals surface area contributed by atoms with Crippen molar-refractivity contribution in [1.29, 1.82) is 0 Å². The van der Waals surface area contributed by atoms with Crippen LogP contribution in [0.1, 0.15) is 31.9 Å². The maximum atomic E-state index is 11.9. The normalized spacial score (nSPS) is 15.2. The Hall–Kier alpha value is -2.03. The van der Waals surface area contributed by atoms with Gasteiger partial charge >= 0.3 is 0 Å². The summed E-state index contributed by atoms with van der Waals surface area (Å²) < 4.78 is 18.3. The number of amides is 1. The third-order valence-corrected chi connectivity index (χ3v) is 6.26. The predicted molar refractivity (Wildman–Crippen MR) is 133 cm³/mol. The summed E-state index contributed by atoms with van der Waals surface area (Å²) in [6.07, 6.45) is 1.76. The molecule has 31 heavy (non-hydrogen) atoms. The Balaban J connectivity index is 1.62. The highest BCUT2D eigenvalue weighted by Crippen LogP contribution is 2.38. The molecule has 3 rings (SSSR count). The number of hydrogen-bond donors (Lipinski definition) is 1. The van der Waals surface area contributed by atoms with E-state index in [-0.39, 0.29) is 11.3 Å². The molecule has 1 saturated heterocycles. The van der Waals surface area contributed by atoms with Gasteiger partial charge in [0.15, 0.2) is 11.5 Å². The van der Waals surface area contributed by atoms with Gasteiger partial charge in [0.05, 0.1) is 16.5 Å². The summed E-state index contributed by atoms with van der Waals surface area (Å²) >= 11 is 9.79. The molecule has 1 aliphatic heterocycles. The molecule has 0 atom stereocenters. The second-order valence-corrected chi connectivity index (χ2v) is 10.4. The lowest BCUT2D eigenvalue weighted by atomic mass is 9.87. The van der Waals surface area contributed by atoms with Gasteiger partial charge in [-0.3, -0.25) is 4.79 Å². The first kappa shape index (κ1) is 23.6. The van der Waals surface area contributed by atoms with Crippen LogP contribution in [0.4, 0.5) is 0 Å². The number of thiocarbonyl (C=S) groups is 1. The van der Waals surface area contributed by atoms with Crippen LogP contribution >= 0.6 is 39.9 Å². The number of thioether (sulfide) groups is 1. The van der Waals surface area contributed by atoms with Crippen LogP contribution in [-0.4, -0.2) is 30.6 Å². The molecule has 0 saturated carbocycles. The molecule has 8 heteroatoms. The molecule has 5 nitrogen and oxygen atoms in total. The van der Waals surface area contributed by atoms with Gasteiger partial charge in [-0.05, 0) is 62.8 Å². The number of halogens is 1. The maximum absolute atomic E-state index is 11.9. The quantitative estimate of drug-likeness (QED) is 0.286. The topological polar surface area (TPSA) is 56.8 Å². The number of nitrogens with one attached hydrogen (secondary N) is 1. The van der Waals surface area contributed by atoms with Crippen LogP contribution in [0.5, 0.6) is 17.2 Å². The van der Waals surface area contributed by atoms with Crippen molar-refractivity contribution in [2.45, 2.75) is 26.2 Å². The second kappa shape index (κ2) is 10.1. The van der Waals surface area contributed by atoms with E-state index in [9.17, 15) is 4.79 Å². The van der Waals surface area contributed by atoms with Crippen molar-refractivity contribution in [2.24, 2.45) is 0 Å². The van der Waals surface area contributed by atoms with Crippen molar-refractivity contribution < 1.29 is 19.0 Å². The minimum Gasteiger partial charge on any atom is -0.493 e. The van der Waals surface area contributed by atoms with Crippen LogP contribution in [0.15, 0.2) is 45.8 Å². The van der Waals surface area contributed by atoms with E-state index in [2.05, 4.69) is 54.2 Å². The lowest BCUT2D eigenvalue weighted by molar-refractivity contribution is -0.115. The smallest absolute Gasteiger partial charge is 0.263 e. The zero-order valence-electron chi connectivity index (χ0n) is 17.8. The summed E-state index contributed by atoms with van der Waals surface area (Å²) in [5.41, 5.74) is 2.17. The van der Waals surface area contributed by atoms with Crippen LogP contribution in [0.25, 0.3) is 6.08 Å². The largest absolute Gasteiger partial charge is 0.493 e. The number of carbonyl (C=O) groups excluding carboxylic acids is 1. The summed E-state index contributed by atoms with van der Waals surface area (Å²) in [5.74, 6) is 1.74. The van der Waals surface area contributed by atoms with E-state index in [0.717, 1.165) is 15.8 Å². The third kappa shape index (κ3) is 6.24.